The van der Waals surface area contributed by atoms with Crippen molar-refractivity contribution in [3.05, 3.63) is 22.4 Å². The summed E-state index contributed by atoms with van der Waals surface area (Å²) in [7, 11) is 0. The van der Waals surface area contributed by atoms with E-state index in [4.69, 9.17) is 10.5 Å². The maximum absolute atomic E-state index is 6.37. The molecule has 0 aliphatic carbocycles. The first-order valence-electron chi connectivity index (χ1n) is 5.81. The van der Waals surface area contributed by atoms with Gasteiger partial charge in [-0.1, -0.05) is 6.07 Å². The van der Waals surface area contributed by atoms with Gasteiger partial charge in [-0.15, -0.1) is 11.3 Å². The molecule has 1 saturated heterocycles. The van der Waals surface area contributed by atoms with Gasteiger partial charge in [0.15, 0.2) is 0 Å². The quantitative estimate of drug-likeness (QED) is 0.859. The first kappa shape index (κ1) is 12.1. The van der Waals surface area contributed by atoms with Crippen LogP contribution in [0.1, 0.15) is 45.0 Å². The van der Waals surface area contributed by atoms with E-state index in [9.17, 15) is 0 Å². The van der Waals surface area contributed by atoms with E-state index < -0.39 is 0 Å². The highest BCUT2D eigenvalue weighted by Crippen LogP contribution is 2.47. The zero-order valence-electron chi connectivity index (χ0n) is 10.5. The first-order valence-corrected chi connectivity index (χ1v) is 6.69. The largest absolute Gasteiger partial charge is 0.369 e. The van der Waals surface area contributed by atoms with Crippen LogP contribution in [-0.4, -0.2) is 11.2 Å². The van der Waals surface area contributed by atoms with E-state index in [0.29, 0.717) is 5.92 Å². The zero-order valence-corrected chi connectivity index (χ0v) is 11.3. The molecule has 0 spiro atoms. The Hall–Kier alpha value is -0.380. The van der Waals surface area contributed by atoms with Gasteiger partial charge in [0.2, 0.25) is 0 Å². The molecule has 0 amide bonds. The van der Waals surface area contributed by atoms with E-state index in [0.717, 1.165) is 6.42 Å². The number of thiophene rings is 1. The highest BCUT2D eigenvalue weighted by molar-refractivity contribution is 7.10. The maximum Gasteiger partial charge on any atom is 0.0681 e. The molecule has 1 fully saturated rings. The molecule has 1 aromatic heterocycles. The molecule has 16 heavy (non-hydrogen) atoms. The predicted molar refractivity (Wildman–Crippen MR) is 68.6 cm³/mol. The number of nitrogens with two attached hydrogens (primary N) is 1. The second kappa shape index (κ2) is 3.83. The number of hydrogen-bond acceptors (Lipinski definition) is 3. The van der Waals surface area contributed by atoms with Crippen LogP contribution in [0.15, 0.2) is 17.5 Å². The Labute approximate surface area is 102 Å². The van der Waals surface area contributed by atoms with Gasteiger partial charge in [-0.25, -0.2) is 0 Å². The van der Waals surface area contributed by atoms with Gasteiger partial charge in [-0.2, -0.15) is 0 Å². The van der Waals surface area contributed by atoms with Crippen molar-refractivity contribution in [1.82, 2.24) is 0 Å². The second-order valence-corrected chi connectivity index (χ2v) is 6.80. The molecule has 2 heterocycles. The topological polar surface area (TPSA) is 35.2 Å². The summed E-state index contributed by atoms with van der Waals surface area (Å²) >= 11 is 1.74. The van der Waals surface area contributed by atoms with Crippen molar-refractivity contribution in [2.45, 2.75) is 51.4 Å². The summed E-state index contributed by atoms with van der Waals surface area (Å²) < 4.78 is 6.09. The Balaban J connectivity index is 2.22. The van der Waals surface area contributed by atoms with Crippen LogP contribution in [0.3, 0.4) is 0 Å². The van der Waals surface area contributed by atoms with Gasteiger partial charge in [0.1, 0.15) is 0 Å². The number of hydrogen-bond donors (Lipinski definition) is 1. The maximum atomic E-state index is 6.37. The predicted octanol–water partition coefficient (Wildman–Crippen LogP) is 3.34. The van der Waals surface area contributed by atoms with E-state index in [-0.39, 0.29) is 17.2 Å². The fourth-order valence-electron chi connectivity index (χ4n) is 2.84. The molecule has 2 rings (SSSR count). The molecule has 0 bridgehead atoms. The highest BCUT2D eigenvalue weighted by Gasteiger charge is 2.48. The minimum absolute atomic E-state index is 0.0525. The summed E-state index contributed by atoms with van der Waals surface area (Å²) in [4.78, 5) is 1.26. The standard InChI is InChI=1S/C13H21NOS/c1-12(2)8-9(13(3,4)15-12)11(14)10-6-5-7-16-10/h5-7,9,11H,8,14H2,1-4H3. The second-order valence-electron chi connectivity index (χ2n) is 5.82. The van der Waals surface area contributed by atoms with Crippen LogP contribution >= 0.6 is 11.3 Å². The normalized spacial score (nSPS) is 29.2. The Morgan fingerprint density at radius 1 is 1.44 bits per heavy atom. The van der Waals surface area contributed by atoms with Crippen LogP contribution in [0.4, 0.5) is 0 Å². The molecule has 0 saturated carbocycles. The lowest BCUT2D eigenvalue weighted by Crippen LogP contribution is -2.35. The summed E-state index contributed by atoms with van der Waals surface area (Å²) in [6.45, 7) is 8.60. The van der Waals surface area contributed by atoms with E-state index in [1.807, 2.05) is 0 Å². The van der Waals surface area contributed by atoms with Crippen molar-refractivity contribution in [1.29, 1.82) is 0 Å². The molecule has 2 nitrogen and oxygen atoms in total. The Kier molecular flexibility index (Phi) is 2.89. The minimum Gasteiger partial charge on any atom is -0.369 e. The van der Waals surface area contributed by atoms with E-state index >= 15 is 0 Å². The van der Waals surface area contributed by atoms with Crippen LogP contribution < -0.4 is 5.73 Å². The van der Waals surface area contributed by atoms with Crippen molar-refractivity contribution in [2.24, 2.45) is 11.7 Å². The molecule has 2 unspecified atom stereocenters. The van der Waals surface area contributed by atoms with Gasteiger partial charge in [-0.05, 0) is 45.6 Å². The monoisotopic (exact) mass is 239 g/mol. The van der Waals surface area contributed by atoms with Gasteiger partial charge in [0.25, 0.3) is 0 Å². The molecule has 2 atom stereocenters. The molecule has 1 aromatic rings. The van der Waals surface area contributed by atoms with Crippen LogP contribution in [0.25, 0.3) is 0 Å². The summed E-state index contributed by atoms with van der Waals surface area (Å²) in [5, 5.41) is 2.09. The Morgan fingerprint density at radius 2 is 2.12 bits per heavy atom. The molecular formula is C13H21NOS. The van der Waals surface area contributed by atoms with Crippen molar-refractivity contribution in [2.75, 3.05) is 0 Å². The lowest BCUT2D eigenvalue weighted by molar-refractivity contribution is -0.0766. The summed E-state index contributed by atoms with van der Waals surface area (Å²) in [6.07, 6.45) is 1.03. The Bertz CT molecular complexity index is 356. The molecule has 2 N–H and O–H groups in total. The van der Waals surface area contributed by atoms with Crippen LogP contribution in [0, 0.1) is 5.92 Å². The average Bonchev–Trinajstić information content (AvgIpc) is 2.69. The van der Waals surface area contributed by atoms with Crippen LogP contribution in [-0.2, 0) is 4.74 Å². The van der Waals surface area contributed by atoms with Crippen molar-refractivity contribution < 1.29 is 4.74 Å². The van der Waals surface area contributed by atoms with E-state index in [1.165, 1.54) is 4.88 Å². The van der Waals surface area contributed by atoms with E-state index in [1.54, 1.807) is 11.3 Å². The third-order valence-electron chi connectivity index (χ3n) is 3.45. The smallest absolute Gasteiger partial charge is 0.0681 e. The van der Waals surface area contributed by atoms with E-state index in [2.05, 4.69) is 45.2 Å². The number of rotatable bonds is 2. The number of ether oxygens (including phenoxy) is 1. The van der Waals surface area contributed by atoms with Gasteiger partial charge >= 0.3 is 0 Å². The molecule has 90 valence electrons. The van der Waals surface area contributed by atoms with Gasteiger partial charge in [0.05, 0.1) is 11.2 Å². The fourth-order valence-corrected chi connectivity index (χ4v) is 3.64. The molecule has 1 aliphatic rings. The zero-order chi connectivity index (χ0) is 12.0. The third-order valence-corrected chi connectivity index (χ3v) is 4.42. The molecule has 0 radical (unpaired) electrons. The van der Waals surface area contributed by atoms with Crippen molar-refractivity contribution in [3.63, 3.8) is 0 Å². The fraction of sp³-hybridized carbons (Fsp3) is 0.692. The summed E-state index contributed by atoms with van der Waals surface area (Å²) in [5.41, 5.74) is 6.19. The molecule has 0 aromatic carbocycles. The highest BCUT2D eigenvalue weighted by atomic mass is 32.1. The minimum atomic E-state index is -0.132. The SMILES string of the molecule is CC1(C)CC(C(N)c2cccs2)C(C)(C)O1. The first-order chi connectivity index (χ1) is 7.32. The van der Waals surface area contributed by atoms with Crippen LogP contribution in [0.2, 0.25) is 0 Å². The third kappa shape index (κ3) is 2.17. The average molecular weight is 239 g/mol. The van der Waals surface area contributed by atoms with Gasteiger partial charge in [0, 0.05) is 16.8 Å². The van der Waals surface area contributed by atoms with Crippen molar-refractivity contribution in [3.8, 4) is 0 Å². The Morgan fingerprint density at radius 3 is 2.56 bits per heavy atom. The van der Waals surface area contributed by atoms with Gasteiger partial charge < -0.3 is 10.5 Å². The summed E-state index contributed by atoms with van der Waals surface area (Å²) in [5.74, 6) is 0.390. The summed E-state index contributed by atoms with van der Waals surface area (Å²) in [6, 6.07) is 4.28. The van der Waals surface area contributed by atoms with Crippen molar-refractivity contribution >= 4 is 11.3 Å². The lowest BCUT2D eigenvalue weighted by atomic mass is 9.81. The molecular weight excluding hydrogens is 218 g/mol. The lowest BCUT2D eigenvalue weighted by Gasteiger charge is -2.30. The molecule has 1 aliphatic heterocycles. The molecule has 3 heteroatoms. The van der Waals surface area contributed by atoms with Gasteiger partial charge in [-0.3, -0.25) is 0 Å². The van der Waals surface area contributed by atoms with Crippen LogP contribution in [0.5, 0.6) is 0 Å².